The van der Waals surface area contributed by atoms with E-state index in [2.05, 4.69) is 5.32 Å². The van der Waals surface area contributed by atoms with E-state index in [1.807, 2.05) is 0 Å². The number of carbonyl (C=O) groups excluding carboxylic acids is 1. The van der Waals surface area contributed by atoms with Crippen molar-refractivity contribution in [2.24, 2.45) is 0 Å². The second-order valence-corrected chi connectivity index (χ2v) is 7.14. The van der Waals surface area contributed by atoms with Gasteiger partial charge in [0, 0.05) is 5.69 Å². The second kappa shape index (κ2) is 5.21. The predicted molar refractivity (Wildman–Crippen MR) is 72.9 cm³/mol. The highest BCUT2D eigenvalue weighted by Crippen LogP contribution is 2.23. The number of hydrogen-bond acceptors (Lipinski definition) is 4. The van der Waals surface area contributed by atoms with Crippen molar-refractivity contribution in [3.63, 3.8) is 0 Å². The largest absolute Gasteiger partial charge is 0.508 e. The third-order valence-corrected chi connectivity index (χ3v) is 5.51. The average molecular weight is 283 g/mol. The lowest BCUT2D eigenvalue weighted by Gasteiger charge is -2.21. The van der Waals surface area contributed by atoms with E-state index in [-0.39, 0.29) is 11.5 Å². The molecule has 0 aliphatic carbocycles. The van der Waals surface area contributed by atoms with Crippen LogP contribution in [0.5, 0.6) is 5.75 Å². The molecule has 1 aliphatic heterocycles. The zero-order valence-corrected chi connectivity index (χ0v) is 11.5. The van der Waals surface area contributed by atoms with E-state index in [1.165, 1.54) is 6.07 Å². The van der Waals surface area contributed by atoms with Gasteiger partial charge in [0.15, 0.2) is 9.84 Å². The normalized spacial score (nSPS) is 21.8. The molecule has 1 heterocycles. The SMILES string of the molecule is Cc1cc(NC(=O)C2CCCCS2(=O)=O)ccc1O. The molecule has 1 aromatic carbocycles. The van der Waals surface area contributed by atoms with E-state index in [1.54, 1.807) is 19.1 Å². The summed E-state index contributed by atoms with van der Waals surface area (Å²) in [6.07, 6.45) is 1.77. The molecule has 0 spiro atoms. The van der Waals surface area contributed by atoms with Gasteiger partial charge < -0.3 is 10.4 Å². The lowest BCUT2D eigenvalue weighted by atomic mass is 10.1. The van der Waals surface area contributed by atoms with Gasteiger partial charge in [0.2, 0.25) is 5.91 Å². The van der Waals surface area contributed by atoms with Gasteiger partial charge in [0.05, 0.1) is 5.75 Å². The molecule has 1 atom stereocenters. The monoisotopic (exact) mass is 283 g/mol. The van der Waals surface area contributed by atoms with Crippen molar-refractivity contribution >= 4 is 21.4 Å². The molecule has 1 saturated heterocycles. The lowest BCUT2D eigenvalue weighted by Crippen LogP contribution is -2.39. The summed E-state index contributed by atoms with van der Waals surface area (Å²) in [6.45, 7) is 1.71. The number of aryl methyl sites for hydroxylation is 1. The van der Waals surface area contributed by atoms with Crippen LogP contribution in [0.2, 0.25) is 0 Å². The third kappa shape index (κ3) is 3.07. The van der Waals surface area contributed by atoms with Gasteiger partial charge in [0.1, 0.15) is 11.0 Å². The Morgan fingerprint density at radius 2 is 2.11 bits per heavy atom. The van der Waals surface area contributed by atoms with E-state index in [0.29, 0.717) is 24.1 Å². The van der Waals surface area contributed by atoms with Crippen LogP contribution in [0.25, 0.3) is 0 Å². The summed E-state index contributed by atoms with van der Waals surface area (Å²) in [6, 6.07) is 4.64. The van der Waals surface area contributed by atoms with Crippen molar-refractivity contribution < 1.29 is 18.3 Å². The number of hydrogen-bond donors (Lipinski definition) is 2. The number of amides is 1. The molecule has 0 saturated carbocycles. The molecule has 1 fully saturated rings. The van der Waals surface area contributed by atoms with Gasteiger partial charge in [-0.05, 0) is 43.5 Å². The maximum absolute atomic E-state index is 12.0. The van der Waals surface area contributed by atoms with Crippen LogP contribution in [-0.2, 0) is 14.6 Å². The topological polar surface area (TPSA) is 83.5 Å². The molecule has 0 bridgehead atoms. The van der Waals surface area contributed by atoms with Crippen molar-refractivity contribution in [2.75, 3.05) is 11.1 Å². The van der Waals surface area contributed by atoms with Crippen LogP contribution in [0, 0.1) is 6.92 Å². The molecule has 1 amide bonds. The third-order valence-electron chi connectivity index (χ3n) is 3.34. The standard InChI is InChI=1S/C13H17NO4S/c1-9-8-10(5-6-11(9)15)14-13(16)12-4-2-3-7-19(12,17)18/h5-6,8,12,15H,2-4,7H2,1H3,(H,14,16). The van der Waals surface area contributed by atoms with Gasteiger partial charge in [-0.15, -0.1) is 0 Å². The molecule has 104 valence electrons. The Bertz CT molecular complexity index is 595. The summed E-state index contributed by atoms with van der Waals surface area (Å²) in [5, 5.41) is 11.1. The number of aromatic hydroxyl groups is 1. The molecular weight excluding hydrogens is 266 g/mol. The fourth-order valence-corrected chi connectivity index (χ4v) is 4.01. The lowest BCUT2D eigenvalue weighted by molar-refractivity contribution is -0.116. The molecule has 2 rings (SSSR count). The van der Waals surface area contributed by atoms with Crippen LogP contribution in [0.4, 0.5) is 5.69 Å². The van der Waals surface area contributed by atoms with Gasteiger partial charge in [-0.2, -0.15) is 0 Å². The Balaban J connectivity index is 2.14. The number of phenols is 1. The molecule has 0 aromatic heterocycles. The van der Waals surface area contributed by atoms with E-state index >= 15 is 0 Å². The first-order chi connectivity index (χ1) is 8.90. The quantitative estimate of drug-likeness (QED) is 0.808. The zero-order valence-electron chi connectivity index (χ0n) is 10.7. The van der Waals surface area contributed by atoms with Crippen LogP contribution < -0.4 is 5.32 Å². The Kier molecular flexibility index (Phi) is 3.80. The van der Waals surface area contributed by atoms with Gasteiger partial charge in [-0.25, -0.2) is 8.42 Å². The number of benzene rings is 1. The molecule has 2 N–H and O–H groups in total. The maximum Gasteiger partial charge on any atom is 0.242 e. The number of phenolic OH excluding ortho intramolecular Hbond substituents is 1. The first-order valence-electron chi connectivity index (χ1n) is 6.22. The van der Waals surface area contributed by atoms with Gasteiger partial charge in [0.25, 0.3) is 0 Å². The van der Waals surface area contributed by atoms with Gasteiger partial charge in [-0.3, -0.25) is 4.79 Å². The van der Waals surface area contributed by atoms with E-state index in [0.717, 1.165) is 6.42 Å². The van der Waals surface area contributed by atoms with Crippen molar-refractivity contribution in [1.82, 2.24) is 0 Å². The number of sulfone groups is 1. The highest BCUT2D eigenvalue weighted by Gasteiger charge is 2.34. The van der Waals surface area contributed by atoms with Crippen LogP contribution in [-0.4, -0.2) is 30.4 Å². The number of rotatable bonds is 2. The summed E-state index contributed by atoms with van der Waals surface area (Å²) in [5.74, 6) is -0.257. The molecular formula is C13H17NO4S. The molecule has 1 unspecified atom stereocenters. The van der Waals surface area contributed by atoms with Crippen molar-refractivity contribution in [1.29, 1.82) is 0 Å². The Hall–Kier alpha value is -1.56. The smallest absolute Gasteiger partial charge is 0.242 e. The van der Waals surface area contributed by atoms with Crippen molar-refractivity contribution in [2.45, 2.75) is 31.4 Å². The summed E-state index contributed by atoms with van der Waals surface area (Å²) in [7, 11) is -3.32. The van der Waals surface area contributed by atoms with Crippen LogP contribution in [0.15, 0.2) is 18.2 Å². The molecule has 19 heavy (non-hydrogen) atoms. The van der Waals surface area contributed by atoms with E-state index in [4.69, 9.17) is 0 Å². The number of nitrogens with one attached hydrogen (secondary N) is 1. The minimum Gasteiger partial charge on any atom is -0.508 e. The van der Waals surface area contributed by atoms with E-state index in [9.17, 15) is 18.3 Å². The first kappa shape index (κ1) is 13.9. The van der Waals surface area contributed by atoms with Crippen LogP contribution >= 0.6 is 0 Å². The summed E-state index contributed by atoms with van der Waals surface area (Å²) < 4.78 is 23.7. The Morgan fingerprint density at radius 3 is 2.74 bits per heavy atom. The highest BCUT2D eigenvalue weighted by atomic mass is 32.2. The predicted octanol–water partition coefficient (Wildman–Crippen LogP) is 1.61. The molecule has 5 nitrogen and oxygen atoms in total. The fourth-order valence-electron chi connectivity index (χ4n) is 2.20. The Morgan fingerprint density at radius 1 is 1.37 bits per heavy atom. The summed E-state index contributed by atoms with van der Waals surface area (Å²) >= 11 is 0. The van der Waals surface area contributed by atoms with Crippen molar-refractivity contribution in [3.05, 3.63) is 23.8 Å². The Labute approximate surface area is 112 Å². The number of carbonyl (C=O) groups is 1. The van der Waals surface area contributed by atoms with Gasteiger partial charge >= 0.3 is 0 Å². The second-order valence-electron chi connectivity index (χ2n) is 4.84. The average Bonchev–Trinajstić information content (AvgIpc) is 2.33. The van der Waals surface area contributed by atoms with Crippen LogP contribution in [0.3, 0.4) is 0 Å². The summed E-state index contributed by atoms with van der Waals surface area (Å²) in [4.78, 5) is 12.0. The van der Waals surface area contributed by atoms with Crippen molar-refractivity contribution in [3.8, 4) is 5.75 Å². The van der Waals surface area contributed by atoms with Gasteiger partial charge in [-0.1, -0.05) is 6.42 Å². The van der Waals surface area contributed by atoms with Crippen LogP contribution in [0.1, 0.15) is 24.8 Å². The zero-order chi connectivity index (χ0) is 14.0. The molecule has 6 heteroatoms. The molecule has 1 aromatic rings. The highest BCUT2D eigenvalue weighted by molar-refractivity contribution is 7.92. The summed E-state index contributed by atoms with van der Waals surface area (Å²) in [5.41, 5.74) is 1.13. The molecule has 1 aliphatic rings. The van der Waals surface area contributed by atoms with E-state index < -0.39 is 21.0 Å². The maximum atomic E-state index is 12.0. The first-order valence-corrected chi connectivity index (χ1v) is 7.94. The minimum absolute atomic E-state index is 0.0830. The minimum atomic E-state index is -3.32. The number of anilines is 1. The molecule has 0 radical (unpaired) electrons. The fraction of sp³-hybridized carbons (Fsp3) is 0.462.